The predicted molar refractivity (Wildman–Crippen MR) is 79.7 cm³/mol. The Morgan fingerprint density at radius 2 is 1.85 bits per heavy atom. The molecule has 0 bridgehead atoms. The lowest BCUT2D eigenvalue weighted by molar-refractivity contribution is -0.120. The van der Waals surface area contributed by atoms with E-state index in [0.717, 1.165) is 12.0 Å². The van der Waals surface area contributed by atoms with Crippen molar-refractivity contribution in [2.75, 3.05) is 13.1 Å². The number of halogens is 1. The molecule has 0 aliphatic carbocycles. The molecule has 0 heterocycles. The van der Waals surface area contributed by atoms with Gasteiger partial charge < -0.3 is 16.0 Å². The van der Waals surface area contributed by atoms with E-state index in [9.17, 15) is 9.59 Å². The van der Waals surface area contributed by atoms with Gasteiger partial charge in [0.1, 0.15) is 0 Å². The monoisotopic (exact) mass is 297 g/mol. The number of carbonyl (C=O) groups excluding carboxylic acids is 2. The van der Waals surface area contributed by atoms with Crippen LogP contribution in [0.4, 0.5) is 4.79 Å². The van der Waals surface area contributed by atoms with Crippen LogP contribution in [-0.2, 0) is 4.79 Å². The predicted octanol–water partition coefficient (Wildman–Crippen LogP) is 2.23. The topological polar surface area (TPSA) is 70.2 Å². The van der Waals surface area contributed by atoms with E-state index in [1.165, 1.54) is 0 Å². The van der Waals surface area contributed by atoms with Crippen molar-refractivity contribution in [2.45, 2.75) is 26.3 Å². The molecule has 1 atom stereocenters. The van der Waals surface area contributed by atoms with E-state index in [-0.39, 0.29) is 24.5 Å². The molecule has 6 heteroatoms. The number of nitrogens with one attached hydrogen (secondary N) is 3. The Hall–Kier alpha value is -1.75. The molecular weight excluding hydrogens is 278 g/mol. The SMILES string of the molecule is CCCNC(=O)CNC(=O)NC(C)c1ccc(Cl)cc1. The number of hydrogen-bond acceptors (Lipinski definition) is 2. The fraction of sp³-hybridized carbons (Fsp3) is 0.429. The van der Waals surface area contributed by atoms with E-state index in [0.29, 0.717) is 11.6 Å². The summed E-state index contributed by atoms with van der Waals surface area (Å²) in [6, 6.07) is 6.70. The molecule has 3 N–H and O–H groups in total. The Labute approximate surface area is 124 Å². The number of rotatable bonds is 6. The lowest BCUT2D eigenvalue weighted by atomic mass is 10.1. The van der Waals surface area contributed by atoms with E-state index in [1.807, 2.05) is 26.0 Å². The highest BCUT2D eigenvalue weighted by atomic mass is 35.5. The number of benzene rings is 1. The Morgan fingerprint density at radius 1 is 1.20 bits per heavy atom. The van der Waals surface area contributed by atoms with E-state index in [1.54, 1.807) is 12.1 Å². The Morgan fingerprint density at radius 3 is 2.45 bits per heavy atom. The summed E-state index contributed by atoms with van der Waals surface area (Å²) in [5, 5.41) is 8.60. The Bertz CT molecular complexity index is 448. The second kappa shape index (κ2) is 8.43. The maximum Gasteiger partial charge on any atom is 0.315 e. The van der Waals surface area contributed by atoms with Crippen LogP contribution < -0.4 is 16.0 Å². The lowest BCUT2D eigenvalue weighted by Gasteiger charge is -2.15. The second-order valence-electron chi connectivity index (χ2n) is 4.45. The number of amides is 3. The number of hydrogen-bond donors (Lipinski definition) is 3. The average Bonchev–Trinajstić information content (AvgIpc) is 2.43. The van der Waals surface area contributed by atoms with Crippen molar-refractivity contribution in [3.05, 3.63) is 34.9 Å². The van der Waals surface area contributed by atoms with Crippen molar-refractivity contribution in [1.29, 1.82) is 0 Å². The molecule has 0 spiro atoms. The maximum absolute atomic E-state index is 11.6. The molecule has 0 aliphatic rings. The summed E-state index contributed by atoms with van der Waals surface area (Å²) in [5.41, 5.74) is 0.944. The van der Waals surface area contributed by atoms with Crippen molar-refractivity contribution >= 4 is 23.5 Å². The van der Waals surface area contributed by atoms with Gasteiger partial charge in [0, 0.05) is 11.6 Å². The van der Waals surface area contributed by atoms with Gasteiger partial charge >= 0.3 is 6.03 Å². The van der Waals surface area contributed by atoms with Gasteiger partial charge in [0.05, 0.1) is 12.6 Å². The van der Waals surface area contributed by atoms with Gasteiger partial charge in [-0.2, -0.15) is 0 Å². The van der Waals surface area contributed by atoms with Crippen LogP contribution in [-0.4, -0.2) is 25.0 Å². The van der Waals surface area contributed by atoms with Crippen LogP contribution in [0.5, 0.6) is 0 Å². The van der Waals surface area contributed by atoms with E-state index >= 15 is 0 Å². The lowest BCUT2D eigenvalue weighted by Crippen LogP contribution is -2.42. The quantitative estimate of drug-likeness (QED) is 0.753. The van der Waals surface area contributed by atoms with Crippen LogP contribution in [0, 0.1) is 0 Å². The minimum Gasteiger partial charge on any atom is -0.355 e. The first kappa shape index (κ1) is 16.3. The standard InChI is InChI=1S/C14H20ClN3O2/c1-3-8-16-13(19)9-17-14(20)18-10(2)11-4-6-12(15)7-5-11/h4-7,10H,3,8-9H2,1-2H3,(H,16,19)(H2,17,18,20). The highest BCUT2D eigenvalue weighted by Crippen LogP contribution is 2.15. The van der Waals surface area contributed by atoms with Crippen LogP contribution in [0.25, 0.3) is 0 Å². The Balaban J connectivity index is 2.34. The molecule has 0 saturated heterocycles. The van der Waals surface area contributed by atoms with Gasteiger partial charge in [-0.15, -0.1) is 0 Å². The molecule has 0 aromatic heterocycles. The summed E-state index contributed by atoms with van der Waals surface area (Å²) >= 11 is 5.80. The minimum absolute atomic E-state index is 0.0286. The fourth-order valence-electron chi connectivity index (χ4n) is 1.57. The molecule has 5 nitrogen and oxygen atoms in total. The average molecular weight is 298 g/mol. The zero-order chi connectivity index (χ0) is 15.0. The normalized spacial score (nSPS) is 11.6. The van der Waals surface area contributed by atoms with E-state index in [4.69, 9.17) is 11.6 Å². The molecule has 1 aromatic carbocycles. The summed E-state index contributed by atoms with van der Waals surface area (Å²) in [5.74, 6) is -0.193. The van der Waals surface area contributed by atoms with Gasteiger partial charge in [0.25, 0.3) is 0 Å². The van der Waals surface area contributed by atoms with Crippen molar-refractivity contribution in [1.82, 2.24) is 16.0 Å². The molecule has 1 aromatic rings. The van der Waals surface area contributed by atoms with Crippen LogP contribution in [0.3, 0.4) is 0 Å². The fourth-order valence-corrected chi connectivity index (χ4v) is 1.70. The maximum atomic E-state index is 11.6. The molecule has 0 aliphatic heterocycles. The zero-order valence-corrected chi connectivity index (χ0v) is 12.5. The molecule has 1 rings (SSSR count). The van der Waals surface area contributed by atoms with Crippen molar-refractivity contribution in [3.8, 4) is 0 Å². The second-order valence-corrected chi connectivity index (χ2v) is 4.89. The Kier molecular flexibility index (Phi) is 6.87. The molecular formula is C14H20ClN3O2. The molecule has 0 saturated carbocycles. The third kappa shape index (κ3) is 5.93. The smallest absolute Gasteiger partial charge is 0.315 e. The van der Waals surface area contributed by atoms with Gasteiger partial charge in [-0.25, -0.2) is 4.79 Å². The minimum atomic E-state index is -0.376. The van der Waals surface area contributed by atoms with Crippen molar-refractivity contribution in [3.63, 3.8) is 0 Å². The van der Waals surface area contributed by atoms with Gasteiger partial charge in [-0.1, -0.05) is 30.7 Å². The summed E-state index contributed by atoms with van der Waals surface area (Å²) in [4.78, 5) is 23.0. The first-order valence-corrected chi connectivity index (χ1v) is 6.97. The summed E-state index contributed by atoms with van der Waals surface area (Å²) in [6.07, 6.45) is 0.867. The van der Waals surface area contributed by atoms with Gasteiger partial charge in [-0.3, -0.25) is 4.79 Å². The van der Waals surface area contributed by atoms with Crippen LogP contribution in [0.2, 0.25) is 5.02 Å². The highest BCUT2D eigenvalue weighted by Gasteiger charge is 2.10. The van der Waals surface area contributed by atoms with E-state index < -0.39 is 0 Å². The van der Waals surface area contributed by atoms with E-state index in [2.05, 4.69) is 16.0 Å². The first-order chi connectivity index (χ1) is 9.52. The first-order valence-electron chi connectivity index (χ1n) is 6.59. The summed E-state index contributed by atoms with van der Waals surface area (Å²) in [6.45, 7) is 4.41. The molecule has 3 amide bonds. The summed E-state index contributed by atoms with van der Waals surface area (Å²) < 4.78 is 0. The van der Waals surface area contributed by atoms with Gasteiger partial charge in [-0.05, 0) is 31.0 Å². The molecule has 0 fully saturated rings. The van der Waals surface area contributed by atoms with Crippen molar-refractivity contribution in [2.24, 2.45) is 0 Å². The van der Waals surface area contributed by atoms with Crippen LogP contribution in [0.1, 0.15) is 31.9 Å². The van der Waals surface area contributed by atoms with Gasteiger partial charge in [0.15, 0.2) is 0 Å². The molecule has 20 heavy (non-hydrogen) atoms. The third-order valence-electron chi connectivity index (χ3n) is 2.70. The highest BCUT2D eigenvalue weighted by molar-refractivity contribution is 6.30. The van der Waals surface area contributed by atoms with Crippen molar-refractivity contribution < 1.29 is 9.59 Å². The molecule has 0 radical (unpaired) electrons. The molecule has 1 unspecified atom stereocenters. The third-order valence-corrected chi connectivity index (χ3v) is 2.95. The largest absolute Gasteiger partial charge is 0.355 e. The number of urea groups is 1. The van der Waals surface area contributed by atoms with Crippen LogP contribution in [0.15, 0.2) is 24.3 Å². The zero-order valence-electron chi connectivity index (χ0n) is 11.7. The number of carbonyl (C=O) groups is 2. The summed E-state index contributed by atoms with van der Waals surface area (Å²) in [7, 11) is 0. The van der Waals surface area contributed by atoms with Crippen LogP contribution >= 0.6 is 11.6 Å². The van der Waals surface area contributed by atoms with Gasteiger partial charge in [0.2, 0.25) is 5.91 Å². The molecule has 110 valence electrons.